The standard InChI is InChI=1S/C26H35N3O3/c1-3-5-18-32-22-12-9-20(10-13-22)25(30)28-21-11-14-24(29-16-7-6-8-17-29)23(19-21)26(31)27-15-4-2/h9-14,19H,3-8,15-18H2,1-2H3,(H,27,31)(H,28,30). The summed E-state index contributed by atoms with van der Waals surface area (Å²) in [4.78, 5) is 27.9. The molecule has 0 atom stereocenters. The molecule has 6 nitrogen and oxygen atoms in total. The zero-order chi connectivity index (χ0) is 22.8. The quantitative estimate of drug-likeness (QED) is 0.498. The predicted molar refractivity (Wildman–Crippen MR) is 130 cm³/mol. The van der Waals surface area contributed by atoms with E-state index in [-0.39, 0.29) is 11.8 Å². The third-order valence-electron chi connectivity index (χ3n) is 5.61. The van der Waals surface area contributed by atoms with Gasteiger partial charge in [0.1, 0.15) is 5.75 Å². The van der Waals surface area contributed by atoms with E-state index in [1.54, 1.807) is 18.2 Å². The average molecular weight is 438 g/mol. The Morgan fingerprint density at radius 3 is 2.38 bits per heavy atom. The molecule has 0 aromatic heterocycles. The molecule has 0 unspecified atom stereocenters. The first-order chi connectivity index (χ1) is 15.6. The highest BCUT2D eigenvalue weighted by Gasteiger charge is 2.19. The van der Waals surface area contributed by atoms with Gasteiger partial charge in [0.15, 0.2) is 0 Å². The fourth-order valence-corrected chi connectivity index (χ4v) is 3.78. The number of unbranched alkanes of at least 4 members (excludes halogenated alkanes) is 1. The van der Waals surface area contributed by atoms with Gasteiger partial charge in [0, 0.05) is 36.6 Å². The highest BCUT2D eigenvalue weighted by molar-refractivity contribution is 6.06. The van der Waals surface area contributed by atoms with E-state index in [0.29, 0.717) is 30.0 Å². The van der Waals surface area contributed by atoms with Gasteiger partial charge in [-0.05, 0) is 74.6 Å². The summed E-state index contributed by atoms with van der Waals surface area (Å²) in [6.07, 6.45) is 6.45. The van der Waals surface area contributed by atoms with Gasteiger partial charge in [-0.2, -0.15) is 0 Å². The number of hydrogen-bond donors (Lipinski definition) is 2. The van der Waals surface area contributed by atoms with Crippen LogP contribution in [0.5, 0.6) is 5.75 Å². The van der Waals surface area contributed by atoms with Gasteiger partial charge in [-0.25, -0.2) is 0 Å². The van der Waals surface area contributed by atoms with Crippen molar-refractivity contribution in [2.75, 3.05) is 36.5 Å². The molecule has 6 heteroatoms. The van der Waals surface area contributed by atoms with Gasteiger partial charge < -0.3 is 20.3 Å². The molecule has 1 fully saturated rings. The van der Waals surface area contributed by atoms with Crippen molar-refractivity contribution in [3.05, 3.63) is 53.6 Å². The lowest BCUT2D eigenvalue weighted by molar-refractivity contribution is 0.0952. The van der Waals surface area contributed by atoms with Crippen LogP contribution in [0.15, 0.2) is 42.5 Å². The van der Waals surface area contributed by atoms with Crippen molar-refractivity contribution in [3.8, 4) is 5.75 Å². The highest BCUT2D eigenvalue weighted by atomic mass is 16.5. The van der Waals surface area contributed by atoms with E-state index >= 15 is 0 Å². The van der Waals surface area contributed by atoms with Gasteiger partial charge >= 0.3 is 0 Å². The van der Waals surface area contributed by atoms with E-state index in [9.17, 15) is 9.59 Å². The summed E-state index contributed by atoms with van der Waals surface area (Å²) in [5.41, 5.74) is 2.70. The second-order valence-corrected chi connectivity index (χ2v) is 8.22. The Labute approximate surface area is 191 Å². The van der Waals surface area contributed by atoms with Gasteiger partial charge in [-0.15, -0.1) is 0 Å². The molecule has 2 aromatic carbocycles. The molecule has 0 radical (unpaired) electrons. The summed E-state index contributed by atoms with van der Waals surface area (Å²) in [6.45, 7) is 7.35. The molecule has 1 aliphatic heterocycles. The maximum atomic E-state index is 12.9. The first-order valence-corrected chi connectivity index (χ1v) is 11.8. The molecule has 1 heterocycles. The van der Waals surface area contributed by atoms with Crippen molar-refractivity contribution in [2.45, 2.75) is 52.4 Å². The number of carbonyl (C=O) groups is 2. The summed E-state index contributed by atoms with van der Waals surface area (Å²) >= 11 is 0. The average Bonchev–Trinajstić information content (AvgIpc) is 2.83. The number of benzene rings is 2. The van der Waals surface area contributed by atoms with Crippen LogP contribution in [-0.2, 0) is 0 Å². The molecule has 0 bridgehead atoms. The minimum Gasteiger partial charge on any atom is -0.494 e. The molecular formula is C26H35N3O3. The SMILES string of the molecule is CCCCOc1ccc(C(=O)Nc2ccc(N3CCCCC3)c(C(=O)NCCC)c2)cc1. The van der Waals surface area contributed by atoms with Crippen LogP contribution in [0.25, 0.3) is 0 Å². The Kier molecular flexibility index (Phi) is 8.96. The number of piperidine rings is 1. The van der Waals surface area contributed by atoms with Crippen LogP contribution in [0, 0.1) is 0 Å². The van der Waals surface area contributed by atoms with Gasteiger partial charge in [0.2, 0.25) is 0 Å². The Morgan fingerprint density at radius 2 is 1.69 bits per heavy atom. The van der Waals surface area contributed by atoms with Crippen LogP contribution >= 0.6 is 0 Å². The van der Waals surface area contributed by atoms with Gasteiger partial charge in [0.25, 0.3) is 11.8 Å². The molecule has 0 spiro atoms. The maximum Gasteiger partial charge on any atom is 0.255 e. The third-order valence-corrected chi connectivity index (χ3v) is 5.61. The second-order valence-electron chi connectivity index (χ2n) is 8.22. The van der Waals surface area contributed by atoms with E-state index < -0.39 is 0 Å². The number of anilines is 2. The number of carbonyl (C=O) groups excluding carboxylic acids is 2. The molecule has 1 saturated heterocycles. The van der Waals surface area contributed by atoms with E-state index in [1.165, 1.54) is 6.42 Å². The number of nitrogens with zero attached hydrogens (tertiary/aromatic N) is 1. The van der Waals surface area contributed by atoms with Crippen LogP contribution in [0.4, 0.5) is 11.4 Å². The number of nitrogens with one attached hydrogen (secondary N) is 2. The molecule has 3 rings (SSSR count). The Hall–Kier alpha value is -3.02. The molecule has 1 aliphatic rings. The zero-order valence-electron chi connectivity index (χ0n) is 19.3. The second kappa shape index (κ2) is 12.1. The van der Waals surface area contributed by atoms with Crippen LogP contribution in [0.1, 0.15) is 73.1 Å². The van der Waals surface area contributed by atoms with Crippen molar-refractivity contribution >= 4 is 23.2 Å². The number of amides is 2. The largest absolute Gasteiger partial charge is 0.494 e. The Morgan fingerprint density at radius 1 is 0.938 bits per heavy atom. The molecule has 32 heavy (non-hydrogen) atoms. The van der Waals surface area contributed by atoms with Crippen molar-refractivity contribution in [1.29, 1.82) is 0 Å². The van der Waals surface area contributed by atoms with Crippen LogP contribution in [0.2, 0.25) is 0 Å². The molecule has 0 saturated carbocycles. The molecule has 2 aromatic rings. The topological polar surface area (TPSA) is 70.7 Å². The fourth-order valence-electron chi connectivity index (χ4n) is 3.78. The molecular weight excluding hydrogens is 402 g/mol. The molecule has 172 valence electrons. The van der Waals surface area contributed by atoms with Gasteiger partial charge in [-0.1, -0.05) is 20.3 Å². The van der Waals surface area contributed by atoms with E-state index in [0.717, 1.165) is 56.6 Å². The van der Waals surface area contributed by atoms with E-state index in [1.807, 2.05) is 31.2 Å². The van der Waals surface area contributed by atoms with Gasteiger partial charge in [-0.3, -0.25) is 9.59 Å². The number of hydrogen-bond acceptors (Lipinski definition) is 4. The maximum absolute atomic E-state index is 12.9. The van der Waals surface area contributed by atoms with Crippen molar-refractivity contribution in [3.63, 3.8) is 0 Å². The molecule has 2 N–H and O–H groups in total. The lowest BCUT2D eigenvalue weighted by atomic mass is 10.1. The lowest BCUT2D eigenvalue weighted by Gasteiger charge is -2.30. The fraction of sp³-hybridized carbons (Fsp3) is 0.462. The van der Waals surface area contributed by atoms with Crippen molar-refractivity contribution in [1.82, 2.24) is 5.32 Å². The summed E-state index contributed by atoms with van der Waals surface area (Å²) in [5, 5.41) is 5.91. The molecule has 2 amide bonds. The van der Waals surface area contributed by atoms with Gasteiger partial charge in [0.05, 0.1) is 12.2 Å². The zero-order valence-corrected chi connectivity index (χ0v) is 19.3. The normalized spacial score (nSPS) is 13.5. The van der Waals surface area contributed by atoms with Crippen molar-refractivity contribution < 1.29 is 14.3 Å². The van der Waals surface area contributed by atoms with Crippen LogP contribution in [0.3, 0.4) is 0 Å². The van der Waals surface area contributed by atoms with E-state index in [2.05, 4.69) is 22.5 Å². The predicted octanol–water partition coefficient (Wildman–Crippen LogP) is 5.25. The Balaban J connectivity index is 1.73. The highest BCUT2D eigenvalue weighted by Crippen LogP contribution is 2.27. The Bertz CT molecular complexity index is 890. The summed E-state index contributed by atoms with van der Waals surface area (Å²) in [7, 11) is 0. The minimum absolute atomic E-state index is 0.0999. The minimum atomic E-state index is -0.212. The van der Waals surface area contributed by atoms with Crippen LogP contribution in [-0.4, -0.2) is 38.1 Å². The van der Waals surface area contributed by atoms with Crippen molar-refractivity contribution in [2.24, 2.45) is 0 Å². The number of rotatable bonds is 10. The first kappa shape index (κ1) is 23.6. The number of ether oxygens (including phenoxy) is 1. The summed E-state index contributed by atoms with van der Waals surface area (Å²) in [5.74, 6) is 0.448. The first-order valence-electron chi connectivity index (χ1n) is 11.8. The smallest absolute Gasteiger partial charge is 0.255 e. The lowest BCUT2D eigenvalue weighted by Crippen LogP contribution is -2.33. The van der Waals surface area contributed by atoms with Crippen LogP contribution < -0.4 is 20.3 Å². The molecule has 0 aliphatic carbocycles. The monoisotopic (exact) mass is 437 g/mol. The summed E-state index contributed by atoms with van der Waals surface area (Å²) < 4.78 is 5.66. The summed E-state index contributed by atoms with van der Waals surface area (Å²) in [6, 6.07) is 12.8. The van der Waals surface area contributed by atoms with E-state index in [4.69, 9.17) is 4.74 Å². The third kappa shape index (κ3) is 6.49.